The first-order valence-electron chi connectivity index (χ1n) is 12.1. The van der Waals surface area contributed by atoms with Crippen LogP contribution in [0.4, 0.5) is 10.2 Å². The molecule has 1 aliphatic heterocycles. The summed E-state index contributed by atoms with van der Waals surface area (Å²) in [6.07, 6.45) is 6.31. The van der Waals surface area contributed by atoms with E-state index in [4.69, 9.17) is 10.1 Å². The monoisotopic (exact) mass is 462 g/mol. The Kier molecular flexibility index (Phi) is 6.30. The van der Waals surface area contributed by atoms with Crippen molar-refractivity contribution >= 4 is 11.7 Å². The molecule has 0 bridgehead atoms. The summed E-state index contributed by atoms with van der Waals surface area (Å²) in [5.74, 6) is 2.54. The molecule has 0 radical (unpaired) electrons. The number of hydrogen-bond acceptors (Lipinski definition) is 5. The van der Waals surface area contributed by atoms with E-state index in [1.807, 2.05) is 17.2 Å². The number of pyridine rings is 1. The first kappa shape index (κ1) is 22.5. The Morgan fingerprint density at radius 2 is 1.82 bits per heavy atom. The molecule has 3 aromatic rings. The second kappa shape index (κ2) is 9.52. The van der Waals surface area contributed by atoms with Crippen LogP contribution in [0, 0.1) is 19.7 Å². The first-order chi connectivity index (χ1) is 16.5. The Bertz CT molecular complexity index is 1180. The summed E-state index contributed by atoms with van der Waals surface area (Å²) >= 11 is 0. The Hall–Kier alpha value is -3.29. The molecule has 1 aliphatic carbocycles. The van der Waals surface area contributed by atoms with Crippen LogP contribution in [0.3, 0.4) is 0 Å². The van der Waals surface area contributed by atoms with Crippen molar-refractivity contribution in [1.29, 1.82) is 0 Å². The van der Waals surface area contributed by atoms with Crippen LogP contribution in [0.5, 0.6) is 0 Å². The Morgan fingerprint density at radius 1 is 1.06 bits per heavy atom. The van der Waals surface area contributed by atoms with Crippen molar-refractivity contribution in [2.24, 2.45) is 0 Å². The second-order valence-corrected chi connectivity index (χ2v) is 9.46. The smallest absolute Gasteiger partial charge is 0.244 e. The van der Waals surface area contributed by atoms with Gasteiger partial charge in [-0.15, -0.1) is 0 Å². The van der Waals surface area contributed by atoms with Crippen molar-refractivity contribution in [3.8, 4) is 11.4 Å². The Balaban J connectivity index is 1.31. The van der Waals surface area contributed by atoms with E-state index in [0.717, 1.165) is 43.1 Å². The highest BCUT2D eigenvalue weighted by Crippen LogP contribution is 2.34. The zero-order chi connectivity index (χ0) is 23.7. The Morgan fingerprint density at radius 3 is 2.53 bits per heavy atom. The van der Waals surface area contributed by atoms with Gasteiger partial charge in [-0.05, 0) is 68.1 Å². The predicted octanol–water partition coefficient (Wildman–Crippen LogP) is 4.10. The van der Waals surface area contributed by atoms with Gasteiger partial charge in [0, 0.05) is 43.9 Å². The summed E-state index contributed by atoms with van der Waals surface area (Å²) in [5.41, 5.74) is 2.53. The SMILES string of the molecule is Cc1ccnc(N2CCN(C(=O)Cn3nc(-c4ccc(F)c(C)c4)nc3C3CCCC3)CC2)c1. The van der Waals surface area contributed by atoms with Crippen molar-refractivity contribution in [2.45, 2.75) is 52.0 Å². The number of amides is 1. The fraction of sp³-hybridized carbons (Fsp3) is 0.462. The van der Waals surface area contributed by atoms with Crippen LogP contribution in [0.15, 0.2) is 36.5 Å². The van der Waals surface area contributed by atoms with Crippen molar-refractivity contribution in [1.82, 2.24) is 24.6 Å². The fourth-order valence-corrected chi connectivity index (χ4v) is 4.97. The van der Waals surface area contributed by atoms with Crippen LogP contribution < -0.4 is 4.90 Å². The minimum atomic E-state index is -0.241. The summed E-state index contributed by atoms with van der Waals surface area (Å²) in [4.78, 5) is 26.7. The molecular weight excluding hydrogens is 431 g/mol. The standard InChI is InChI=1S/C26H31FN6O/c1-18-9-10-28-23(15-18)31-11-13-32(14-12-31)24(34)17-33-26(20-5-3-4-6-20)29-25(30-33)21-7-8-22(27)19(2)16-21/h7-10,15-16,20H,3-6,11-14,17H2,1-2H3. The summed E-state index contributed by atoms with van der Waals surface area (Å²) in [6, 6.07) is 9.01. The highest BCUT2D eigenvalue weighted by atomic mass is 19.1. The molecule has 1 amide bonds. The molecule has 7 nitrogen and oxygen atoms in total. The number of nitrogens with zero attached hydrogens (tertiary/aromatic N) is 6. The van der Waals surface area contributed by atoms with Crippen LogP contribution in [0.1, 0.15) is 48.6 Å². The molecule has 2 aliphatic rings. The van der Waals surface area contributed by atoms with Crippen LogP contribution in [-0.2, 0) is 11.3 Å². The molecule has 178 valence electrons. The van der Waals surface area contributed by atoms with Gasteiger partial charge in [0.1, 0.15) is 24.0 Å². The summed E-state index contributed by atoms with van der Waals surface area (Å²) in [5, 5.41) is 4.72. The van der Waals surface area contributed by atoms with Crippen LogP contribution in [0.2, 0.25) is 0 Å². The van der Waals surface area contributed by atoms with Gasteiger partial charge < -0.3 is 9.80 Å². The summed E-state index contributed by atoms with van der Waals surface area (Å²) in [7, 11) is 0. The van der Waals surface area contributed by atoms with Crippen molar-refractivity contribution in [3.63, 3.8) is 0 Å². The van der Waals surface area contributed by atoms with E-state index in [1.54, 1.807) is 23.7 Å². The molecule has 5 rings (SSSR count). The molecule has 0 spiro atoms. The lowest BCUT2D eigenvalue weighted by Crippen LogP contribution is -2.50. The molecule has 3 heterocycles. The highest BCUT2D eigenvalue weighted by molar-refractivity contribution is 5.76. The lowest BCUT2D eigenvalue weighted by molar-refractivity contribution is -0.132. The molecule has 1 aromatic carbocycles. The maximum atomic E-state index is 13.8. The number of anilines is 1. The number of rotatable bonds is 5. The molecule has 2 aromatic heterocycles. The number of halogens is 1. The van der Waals surface area contributed by atoms with Crippen molar-refractivity contribution in [2.75, 3.05) is 31.1 Å². The van der Waals surface area contributed by atoms with Gasteiger partial charge in [-0.1, -0.05) is 12.8 Å². The predicted molar refractivity (Wildman–Crippen MR) is 129 cm³/mol. The maximum Gasteiger partial charge on any atom is 0.244 e. The minimum absolute atomic E-state index is 0.0582. The van der Waals surface area contributed by atoms with Crippen LogP contribution in [-0.4, -0.2) is 56.7 Å². The molecule has 2 fully saturated rings. The quantitative estimate of drug-likeness (QED) is 0.571. The summed E-state index contributed by atoms with van der Waals surface area (Å²) < 4.78 is 15.6. The normalized spacial score (nSPS) is 16.9. The zero-order valence-electron chi connectivity index (χ0n) is 19.9. The molecule has 8 heteroatoms. The zero-order valence-corrected chi connectivity index (χ0v) is 19.9. The van der Waals surface area contributed by atoms with Gasteiger partial charge in [-0.25, -0.2) is 19.0 Å². The number of piperazine rings is 1. The van der Waals surface area contributed by atoms with Crippen molar-refractivity contribution < 1.29 is 9.18 Å². The Labute approximate surface area is 199 Å². The number of carbonyl (C=O) groups excluding carboxylic acids is 1. The van der Waals surface area contributed by atoms with Gasteiger partial charge >= 0.3 is 0 Å². The van der Waals surface area contributed by atoms with Gasteiger partial charge in [0.05, 0.1) is 0 Å². The topological polar surface area (TPSA) is 67.2 Å². The lowest BCUT2D eigenvalue weighted by Gasteiger charge is -2.35. The third kappa shape index (κ3) is 4.67. The number of aromatic nitrogens is 4. The summed E-state index contributed by atoms with van der Waals surface area (Å²) in [6.45, 7) is 6.82. The van der Waals surface area contributed by atoms with Gasteiger partial charge in [-0.2, -0.15) is 5.10 Å². The lowest BCUT2D eigenvalue weighted by atomic mass is 10.1. The number of benzene rings is 1. The third-order valence-corrected chi connectivity index (χ3v) is 6.98. The maximum absolute atomic E-state index is 13.8. The molecule has 1 saturated carbocycles. The molecule has 0 unspecified atom stereocenters. The average Bonchev–Trinajstić information content (AvgIpc) is 3.51. The van der Waals surface area contributed by atoms with E-state index < -0.39 is 0 Å². The molecular formula is C26H31FN6O. The van der Waals surface area contributed by atoms with Gasteiger partial charge in [0.15, 0.2) is 5.82 Å². The minimum Gasteiger partial charge on any atom is -0.353 e. The number of aryl methyl sites for hydroxylation is 2. The van der Waals surface area contributed by atoms with Crippen molar-refractivity contribution in [3.05, 3.63) is 59.3 Å². The van der Waals surface area contributed by atoms with E-state index in [1.165, 1.54) is 24.5 Å². The van der Waals surface area contributed by atoms with E-state index >= 15 is 0 Å². The van der Waals surface area contributed by atoms with Gasteiger partial charge in [-0.3, -0.25) is 4.79 Å². The van der Waals surface area contributed by atoms with E-state index in [9.17, 15) is 9.18 Å². The number of carbonyl (C=O) groups is 1. The average molecular weight is 463 g/mol. The highest BCUT2D eigenvalue weighted by Gasteiger charge is 2.27. The number of hydrogen-bond donors (Lipinski definition) is 0. The van der Waals surface area contributed by atoms with E-state index in [2.05, 4.69) is 22.9 Å². The molecule has 0 N–H and O–H groups in total. The first-order valence-corrected chi connectivity index (χ1v) is 12.1. The largest absolute Gasteiger partial charge is 0.353 e. The molecule has 0 atom stereocenters. The van der Waals surface area contributed by atoms with Crippen LogP contribution >= 0.6 is 0 Å². The van der Waals surface area contributed by atoms with E-state index in [0.29, 0.717) is 30.4 Å². The third-order valence-electron chi connectivity index (χ3n) is 6.98. The van der Waals surface area contributed by atoms with Gasteiger partial charge in [0.2, 0.25) is 5.91 Å². The van der Waals surface area contributed by atoms with E-state index in [-0.39, 0.29) is 18.3 Å². The molecule has 1 saturated heterocycles. The molecule has 34 heavy (non-hydrogen) atoms. The fourth-order valence-electron chi connectivity index (χ4n) is 4.97. The van der Waals surface area contributed by atoms with Crippen LogP contribution in [0.25, 0.3) is 11.4 Å². The second-order valence-electron chi connectivity index (χ2n) is 9.46. The van der Waals surface area contributed by atoms with Gasteiger partial charge in [0.25, 0.3) is 0 Å².